The number of esters is 2. The first-order valence-corrected chi connectivity index (χ1v) is 39.0. The highest BCUT2D eigenvalue weighted by Gasteiger charge is 2.27. The van der Waals surface area contributed by atoms with E-state index in [1.165, 1.54) is 270 Å². The first kappa shape index (κ1) is 84.7. The fourth-order valence-electron chi connectivity index (χ4n) is 11.1. The molecular weight excluding hydrogens is 1100 g/mol. The summed E-state index contributed by atoms with van der Waals surface area (Å²) in [5.74, 6) is -0.775. The van der Waals surface area contributed by atoms with Gasteiger partial charge < -0.3 is 18.9 Å². The summed E-state index contributed by atoms with van der Waals surface area (Å²) in [7, 11) is 1.50. The first-order chi connectivity index (χ1) is 42.5. The number of nitrogens with zero attached hydrogens (tertiary/aromatic N) is 1. The van der Waals surface area contributed by atoms with E-state index in [0.717, 1.165) is 64.2 Å². The molecule has 2 unspecified atom stereocenters. The summed E-state index contributed by atoms with van der Waals surface area (Å²) in [5, 5.41) is 0. The van der Waals surface area contributed by atoms with Crippen molar-refractivity contribution in [3.8, 4) is 0 Å². The van der Waals surface area contributed by atoms with Gasteiger partial charge in [0, 0.05) is 12.8 Å². The summed E-state index contributed by atoms with van der Waals surface area (Å²) < 4.78 is 34.8. The maximum Gasteiger partial charge on any atom is 0.472 e. The van der Waals surface area contributed by atoms with Crippen LogP contribution in [0.5, 0.6) is 0 Å². The Morgan fingerprint density at radius 3 is 0.977 bits per heavy atom. The number of quaternary nitrogens is 1. The number of ether oxygens (including phenoxy) is 2. The lowest BCUT2D eigenvalue weighted by atomic mass is 10.0. The molecule has 87 heavy (non-hydrogen) atoms. The number of unbranched alkanes of at least 4 members (excludes halogenated alkanes) is 46. The third kappa shape index (κ3) is 72.6. The molecule has 0 aromatic rings. The molecule has 0 aromatic carbocycles. The number of rotatable bonds is 70. The molecule has 10 heteroatoms. The zero-order valence-electron chi connectivity index (χ0n) is 58.3. The molecule has 0 spiro atoms. The van der Waals surface area contributed by atoms with E-state index < -0.39 is 26.5 Å². The largest absolute Gasteiger partial charge is 0.472 e. The van der Waals surface area contributed by atoms with Gasteiger partial charge in [-0.2, -0.15) is 0 Å². The van der Waals surface area contributed by atoms with Crippen LogP contribution in [-0.2, 0) is 32.7 Å². The number of likely N-dealkylation sites (N-methyl/N-ethyl adjacent to an activating group) is 1. The molecular formula is C77H145NO8P+. The van der Waals surface area contributed by atoms with Crippen LogP contribution in [0.4, 0.5) is 0 Å². The van der Waals surface area contributed by atoms with Gasteiger partial charge in [0.1, 0.15) is 19.8 Å². The number of carbonyl (C=O) groups is 2. The molecule has 0 bridgehead atoms. The standard InChI is InChI=1S/C77H144NO8P/c1-6-8-10-12-14-16-18-20-22-24-26-28-30-32-34-36-37-38-39-40-41-42-44-46-48-50-52-54-56-58-60-62-64-66-68-70-77(80)86-75(74-85-87(81,82)84-72-71-78(3,4)5)73-83-76(79)69-67-65-63-61-59-57-55-53-51-49-47-45-43-35-33-31-29-27-25-23-21-19-17-15-13-11-9-7-2/h8,10,14,16,20,22,26,28,32,34,75H,6-7,9,11-13,15,17-19,21,23-25,27,29-31,33,35-74H2,1-5H3/p+1/b10-8-,16-14-,22-20-,28-26-,34-32-. The van der Waals surface area contributed by atoms with E-state index in [1.807, 2.05) is 21.1 Å². The lowest BCUT2D eigenvalue weighted by Crippen LogP contribution is -2.37. The fourth-order valence-corrected chi connectivity index (χ4v) is 11.8. The van der Waals surface area contributed by atoms with Gasteiger partial charge in [0.15, 0.2) is 6.10 Å². The molecule has 2 atom stereocenters. The van der Waals surface area contributed by atoms with E-state index in [9.17, 15) is 19.0 Å². The number of phosphoric ester groups is 1. The van der Waals surface area contributed by atoms with E-state index in [0.29, 0.717) is 23.9 Å². The van der Waals surface area contributed by atoms with Crippen LogP contribution in [0, 0.1) is 0 Å². The maximum absolute atomic E-state index is 12.9. The van der Waals surface area contributed by atoms with Crippen molar-refractivity contribution in [1.82, 2.24) is 0 Å². The molecule has 0 aromatic heterocycles. The Balaban J connectivity index is 3.96. The van der Waals surface area contributed by atoms with Crippen LogP contribution < -0.4 is 0 Å². The zero-order chi connectivity index (χ0) is 63.4. The van der Waals surface area contributed by atoms with Crippen LogP contribution in [0.15, 0.2) is 60.8 Å². The van der Waals surface area contributed by atoms with Crippen LogP contribution in [0.2, 0.25) is 0 Å². The van der Waals surface area contributed by atoms with Crippen molar-refractivity contribution in [3.63, 3.8) is 0 Å². The summed E-state index contributed by atoms with van der Waals surface area (Å²) in [4.78, 5) is 35.9. The minimum absolute atomic E-state index is 0.0339. The second kappa shape index (κ2) is 68.1. The van der Waals surface area contributed by atoms with Crippen LogP contribution in [0.25, 0.3) is 0 Å². The molecule has 0 heterocycles. The van der Waals surface area contributed by atoms with Crippen LogP contribution in [-0.4, -0.2) is 74.9 Å². The molecule has 0 radical (unpaired) electrons. The van der Waals surface area contributed by atoms with Crippen LogP contribution in [0.1, 0.15) is 367 Å². The number of carbonyl (C=O) groups excluding carboxylic acids is 2. The van der Waals surface area contributed by atoms with E-state index in [2.05, 4.69) is 74.6 Å². The molecule has 1 N–H and O–H groups in total. The van der Waals surface area contributed by atoms with E-state index in [1.54, 1.807) is 0 Å². The molecule has 0 amide bonds. The van der Waals surface area contributed by atoms with Crippen molar-refractivity contribution in [3.05, 3.63) is 60.8 Å². The lowest BCUT2D eigenvalue weighted by molar-refractivity contribution is -0.870. The third-order valence-corrected chi connectivity index (χ3v) is 17.8. The summed E-state index contributed by atoms with van der Waals surface area (Å²) in [6, 6.07) is 0. The summed E-state index contributed by atoms with van der Waals surface area (Å²) in [5.41, 5.74) is 0. The number of allylic oxidation sites excluding steroid dienone is 10. The molecule has 0 aliphatic rings. The Bertz CT molecular complexity index is 1650. The van der Waals surface area contributed by atoms with Gasteiger partial charge in [-0.3, -0.25) is 18.6 Å². The zero-order valence-corrected chi connectivity index (χ0v) is 59.2. The van der Waals surface area contributed by atoms with Gasteiger partial charge in [0.2, 0.25) is 0 Å². The van der Waals surface area contributed by atoms with Gasteiger partial charge in [0.05, 0.1) is 27.7 Å². The average Bonchev–Trinajstić information content (AvgIpc) is 3.67. The molecule has 0 fully saturated rings. The first-order valence-electron chi connectivity index (χ1n) is 37.5. The molecule has 0 aliphatic heterocycles. The summed E-state index contributed by atoms with van der Waals surface area (Å²) in [6.07, 6.45) is 90.6. The van der Waals surface area contributed by atoms with Crippen molar-refractivity contribution < 1.29 is 42.1 Å². The SMILES string of the molecule is CC/C=C\C/C=C\C/C=C\C/C=C\C/C=C\CCCCCCCCCCCCCCCCCCCCCC(=O)OC(COC(=O)CCCCCCCCCCCCCCCCCCCCCCCCCCCCCC)COP(=O)(O)OCC[N+](C)(C)C. The molecule has 9 nitrogen and oxygen atoms in total. The minimum Gasteiger partial charge on any atom is -0.462 e. The van der Waals surface area contributed by atoms with Gasteiger partial charge in [-0.15, -0.1) is 0 Å². The normalized spacial score (nSPS) is 13.4. The molecule has 0 saturated carbocycles. The minimum atomic E-state index is -4.39. The Morgan fingerprint density at radius 1 is 0.368 bits per heavy atom. The van der Waals surface area contributed by atoms with Gasteiger partial charge >= 0.3 is 19.8 Å². The van der Waals surface area contributed by atoms with Crippen molar-refractivity contribution in [1.29, 1.82) is 0 Å². The van der Waals surface area contributed by atoms with Crippen molar-refractivity contribution in [2.24, 2.45) is 0 Å². The lowest BCUT2D eigenvalue weighted by Gasteiger charge is -2.24. The molecule has 0 saturated heterocycles. The predicted octanol–water partition coefficient (Wildman–Crippen LogP) is 24.6. The second-order valence-corrected chi connectivity index (χ2v) is 28.1. The monoisotopic (exact) mass is 1240 g/mol. The smallest absolute Gasteiger partial charge is 0.462 e. The molecule has 0 rings (SSSR count). The van der Waals surface area contributed by atoms with E-state index in [-0.39, 0.29) is 25.6 Å². The average molecular weight is 1240 g/mol. The van der Waals surface area contributed by atoms with Crippen LogP contribution in [0.3, 0.4) is 0 Å². The Morgan fingerprint density at radius 2 is 0.655 bits per heavy atom. The highest BCUT2D eigenvalue weighted by atomic mass is 31.2. The van der Waals surface area contributed by atoms with Gasteiger partial charge in [-0.05, 0) is 57.8 Å². The summed E-state index contributed by atoms with van der Waals surface area (Å²) in [6.45, 7) is 4.39. The Labute approximate surface area is 540 Å². The number of phosphoric acid groups is 1. The van der Waals surface area contributed by atoms with Crippen molar-refractivity contribution >= 4 is 19.8 Å². The molecule has 510 valence electrons. The third-order valence-electron chi connectivity index (χ3n) is 16.8. The van der Waals surface area contributed by atoms with E-state index >= 15 is 0 Å². The highest BCUT2D eigenvalue weighted by Crippen LogP contribution is 2.43. The van der Waals surface area contributed by atoms with Crippen LogP contribution >= 0.6 is 7.82 Å². The van der Waals surface area contributed by atoms with E-state index in [4.69, 9.17) is 18.5 Å². The molecule has 0 aliphatic carbocycles. The van der Waals surface area contributed by atoms with Gasteiger partial charge in [-0.1, -0.05) is 357 Å². The second-order valence-electron chi connectivity index (χ2n) is 26.7. The van der Waals surface area contributed by atoms with Crippen molar-refractivity contribution in [2.75, 3.05) is 47.5 Å². The highest BCUT2D eigenvalue weighted by molar-refractivity contribution is 7.47. The maximum atomic E-state index is 12.9. The van der Waals surface area contributed by atoms with Gasteiger partial charge in [-0.25, -0.2) is 4.57 Å². The number of hydrogen-bond acceptors (Lipinski definition) is 7. The fraction of sp³-hybridized carbons (Fsp3) is 0.844. The predicted molar refractivity (Wildman–Crippen MR) is 376 cm³/mol. The Hall–Kier alpha value is -2.29. The summed E-state index contributed by atoms with van der Waals surface area (Å²) >= 11 is 0. The number of hydrogen-bond donors (Lipinski definition) is 1. The van der Waals surface area contributed by atoms with Gasteiger partial charge in [0.25, 0.3) is 0 Å². The Kier molecular flexibility index (Phi) is 66.3. The topological polar surface area (TPSA) is 108 Å². The quantitative estimate of drug-likeness (QED) is 0.0211. The van der Waals surface area contributed by atoms with Crippen molar-refractivity contribution in [2.45, 2.75) is 373 Å².